The summed E-state index contributed by atoms with van der Waals surface area (Å²) >= 11 is 1.47. The molecule has 3 heterocycles. The van der Waals surface area contributed by atoms with Crippen LogP contribution < -0.4 is 4.90 Å². The monoisotopic (exact) mass is 450 g/mol. The Morgan fingerprint density at radius 2 is 1.78 bits per heavy atom. The number of carbonyl (C=O) groups excluding carboxylic acids is 2. The quantitative estimate of drug-likeness (QED) is 0.570. The summed E-state index contributed by atoms with van der Waals surface area (Å²) in [6.45, 7) is 6.59. The maximum atomic E-state index is 13.0. The first-order chi connectivity index (χ1) is 15.3. The second kappa shape index (κ2) is 9.08. The zero-order valence-electron chi connectivity index (χ0n) is 18.4. The van der Waals surface area contributed by atoms with Crippen molar-refractivity contribution in [3.05, 3.63) is 54.9 Å². The third-order valence-electron chi connectivity index (χ3n) is 4.96. The molecule has 4 rings (SSSR count). The fourth-order valence-electron chi connectivity index (χ4n) is 3.44. The molecule has 166 valence electrons. The van der Waals surface area contributed by atoms with E-state index >= 15 is 0 Å². The Morgan fingerprint density at radius 3 is 2.47 bits per heavy atom. The molecule has 1 saturated heterocycles. The maximum Gasteiger partial charge on any atom is 0.410 e. The number of nitrogens with zero attached hydrogens (tertiary/aromatic N) is 4. The van der Waals surface area contributed by atoms with Crippen LogP contribution in [0.1, 0.15) is 27.2 Å². The van der Waals surface area contributed by atoms with Gasteiger partial charge in [-0.15, -0.1) is 0 Å². The summed E-state index contributed by atoms with van der Waals surface area (Å²) in [6.07, 6.45) is 3.37. The Kier molecular flexibility index (Phi) is 6.23. The molecule has 1 aliphatic heterocycles. The summed E-state index contributed by atoms with van der Waals surface area (Å²) in [7, 11) is 0. The lowest BCUT2D eigenvalue weighted by molar-refractivity contribution is -0.118. The van der Waals surface area contributed by atoms with Crippen molar-refractivity contribution in [2.75, 3.05) is 24.5 Å². The van der Waals surface area contributed by atoms with E-state index < -0.39 is 11.7 Å². The Balaban J connectivity index is 1.64. The molecular formula is C24H26N4O3S. The average molecular weight is 451 g/mol. The predicted octanol–water partition coefficient (Wildman–Crippen LogP) is 4.85. The van der Waals surface area contributed by atoms with Gasteiger partial charge in [-0.25, -0.2) is 9.78 Å². The lowest BCUT2D eigenvalue weighted by Gasteiger charge is -2.26. The summed E-state index contributed by atoms with van der Waals surface area (Å²) in [5, 5.41) is 0.624. The van der Waals surface area contributed by atoms with E-state index in [1.165, 1.54) is 11.3 Å². The van der Waals surface area contributed by atoms with E-state index in [-0.39, 0.29) is 12.3 Å². The van der Waals surface area contributed by atoms with Gasteiger partial charge in [0.15, 0.2) is 5.13 Å². The molecule has 32 heavy (non-hydrogen) atoms. The number of anilines is 1. The molecule has 0 aliphatic carbocycles. The summed E-state index contributed by atoms with van der Waals surface area (Å²) in [4.78, 5) is 38.8. The SMILES string of the molecule is CC(C)(C)OC(=O)N1CCC(=O)N(c2nc(-c3ccccc3)c(-c3cccnc3)s2)CC1. The molecule has 1 fully saturated rings. The van der Waals surface area contributed by atoms with E-state index in [9.17, 15) is 9.59 Å². The highest BCUT2D eigenvalue weighted by Gasteiger charge is 2.30. The standard InChI is InChI=1S/C24H26N4O3S/c1-24(2,3)31-23(30)27-13-11-19(29)28(15-14-27)22-26-20(17-8-5-4-6-9-17)21(32-22)18-10-7-12-25-16-18/h4-10,12,16H,11,13-15H2,1-3H3. The van der Waals surface area contributed by atoms with Crippen molar-refractivity contribution in [2.45, 2.75) is 32.8 Å². The molecule has 8 heteroatoms. The van der Waals surface area contributed by atoms with E-state index in [0.29, 0.717) is 24.8 Å². The summed E-state index contributed by atoms with van der Waals surface area (Å²) < 4.78 is 5.49. The average Bonchev–Trinajstić information content (AvgIpc) is 3.11. The molecule has 0 N–H and O–H groups in total. The highest BCUT2D eigenvalue weighted by molar-refractivity contribution is 7.19. The fourth-order valence-corrected chi connectivity index (χ4v) is 4.56. The lowest BCUT2D eigenvalue weighted by Crippen LogP contribution is -2.39. The van der Waals surface area contributed by atoms with Crippen molar-refractivity contribution in [3.8, 4) is 21.7 Å². The normalized spacial score (nSPS) is 14.9. The molecule has 0 radical (unpaired) electrons. The third kappa shape index (κ3) is 4.96. The van der Waals surface area contributed by atoms with Crippen molar-refractivity contribution < 1.29 is 14.3 Å². The number of benzene rings is 1. The van der Waals surface area contributed by atoms with Crippen molar-refractivity contribution in [2.24, 2.45) is 0 Å². The zero-order valence-corrected chi connectivity index (χ0v) is 19.3. The Hall–Kier alpha value is -3.26. The highest BCUT2D eigenvalue weighted by Crippen LogP contribution is 2.40. The number of thiazole rings is 1. The first-order valence-corrected chi connectivity index (χ1v) is 11.4. The lowest BCUT2D eigenvalue weighted by atomic mass is 10.1. The van der Waals surface area contributed by atoms with Crippen LogP contribution in [0.3, 0.4) is 0 Å². The number of ether oxygens (including phenoxy) is 1. The Bertz CT molecular complexity index is 1040. The van der Waals surface area contributed by atoms with Gasteiger partial charge < -0.3 is 9.64 Å². The van der Waals surface area contributed by atoms with Crippen molar-refractivity contribution in [1.82, 2.24) is 14.9 Å². The molecule has 1 aromatic carbocycles. The number of amides is 2. The summed E-state index contributed by atoms with van der Waals surface area (Å²) in [6, 6.07) is 13.8. The largest absolute Gasteiger partial charge is 0.444 e. The molecule has 0 unspecified atom stereocenters. The topological polar surface area (TPSA) is 75.6 Å². The molecule has 2 aromatic heterocycles. The second-order valence-electron chi connectivity index (χ2n) is 8.54. The van der Waals surface area contributed by atoms with Crippen LogP contribution in [0.15, 0.2) is 54.9 Å². The first-order valence-electron chi connectivity index (χ1n) is 10.6. The second-order valence-corrected chi connectivity index (χ2v) is 9.52. The zero-order chi connectivity index (χ0) is 22.7. The molecule has 0 atom stereocenters. The molecular weight excluding hydrogens is 424 g/mol. The van der Waals surface area contributed by atoms with Crippen LogP contribution in [0.5, 0.6) is 0 Å². The van der Waals surface area contributed by atoms with Crippen LogP contribution in [-0.4, -0.2) is 52.1 Å². The molecule has 0 bridgehead atoms. The van der Waals surface area contributed by atoms with Gasteiger partial charge in [-0.3, -0.25) is 14.7 Å². The minimum absolute atomic E-state index is 0.0536. The number of carbonyl (C=O) groups is 2. The van der Waals surface area contributed by atoms with Crippen molar-refractivity contribution >= 4 is 28.5 Å². The van der Waals surface area contributed by atoms with E-state index in [0.717, 1.165) is 21.7 Å². The van der Waals surface area contributed by atoms with Crippen LogP contribution in [0.2, 0.25) is 0 Å². The number of hydrogen-bond donors (Lipinski definition) is 0. The van der Waals surface area contributed by atoms with Gasteiger partial charge in [0.2, 0.25) is 5.91 Å². The summed E-state index contributed by atoms with van der Waals surface area (Å²) in [5.74, 6) is -0.0536. The third-order valence-corrected chi connectivity index (χ3v) is 6.09. The number of pyridine rings is 1. The minimum atomic E-state index is -0.578. The van der Waals surface area contributed by atoms with Gasteiger partial charge in [-0.1, -0.05) is 47.7 Å². The first kappa shape index (κ1) is 22.0. The Labute approximate surface area is 191 Å². The number of aromatic nitrogens is 2. The molecule has 2 amide bonds. The molecule has 0 spiro atoms. The van der Waals surface area contributed by atoms with Gasteiger partial charge in [-0.05, 0) is 26.8 Å². The van der Waals surface area contributed by atoms with E-state index in [4.69, 9.17) is 9.72 Å². The van der Waals surface area contributed by atoms with Gasteiger partial charge in [-0.2, -0.15) is 0 Å². The number of rotatable bonds is 3. The Morgan fingerprint density at radius 1 is 1.03 bits per heavy atom. The van der Waals surface area contributed by atoms with Crippen LogP contribution in [0, 0.1) is 0 Å². The van der Waals surface area contributed by atoms with Gasteiger partial charge in [0.25, 0.3) is 0 Å². The van der Waals surface area contributed by atoms with E-state index in [1.807, 2.05) is 63.2 Å². The maximum absolute atomic E-state index is 13.0. The summed E-state index contributed by atoms with van der Waals surface area (Å²) in [5.41, 5.74) is 2.17. The number of hydrogen-bond acceptors (Lipinski definition) is 6. The van der Waals surface area contributed by atoms with Crippen LogP contribution in [-0.2, 0) is 9.53 Å². The minimum Gasteiger partial charge on any atom is -0.444 e. The van der Waals surface area contributed by atoms with E-state index in [1.54, 1.807) is 22.2 Å². The van der Waals surface area contributed by atoms with Crippen LogP contribution in [0.4, 0.5) is 9.93 Å². The van der Waals surface area contributed by atoms with Crippen LogP contribution in [0.25, 0.3) is 21.7 Å². The molecule has 1 aliphatic rings. The van der Waals surface area contributed by atoms with Gasteiger partial charge in [0, 0.05) is 49.6 Å². The predicted molar refractivity (Wildman–Crippen MR) is 126 cm³/mol. The van der Waals surface area contributed by atoms with Crippen molar-refractivity contribution in [1.29, 1.82) is 0 Å². The smallest absolute Gasteiger partial charge is 0.410 e. The van der Waals surface area contributed by atoms with Crippen LogP contribution >= 0.6 is 11.3 Å². The van der Waals surface area contributed by atoms with Crippen molar-refractivity contribution in [3.63, 3.8) is 0 Å². The molecule has 7 nitrogen and oxygen atoms in total. The van der Waals surface area contributed by atoms with Gasteiger partial charge in [0.05, 0.1) is 10.6 Å². The van der Waals surface area contributed by atoms with Gasteiger partial charge >= 0.3 is 6.09 Å². The molecule has 0 saturated carbocycles. The van der Waals surface area contributed by atoms with E-state index in [2.05, 4.69) is 4.98 Å². The molecule has 3 aromatic rings. The van der Waals surface area contributed by atoms with Gasteiger partial charge in [0.1, 0.15) is 5.60 Å². The fraction of sp³-hybridized carbons (Fsp3) is 0.333. The highest BCUT2D eigenvalue weighted by atomic mass is 32.1.